The number of hydrogen-bond acceptors (Lipinski definition) is 4. The van der Waals surface area contributed by atoms with E-state index in [0.29, 0.717) is 0 Å². The van der Waals surface area contributed by atoms with E-state index >= 15 is 0 Å². The normalized spacial score (nSPS) is 11.3. The molecule has 0 unspecified atom stereocenters. The topological polar surface area (TPSA) is 82.5 Å². The van der Waals surface area contributed by atoms with Crippen LogP contribution >= 0.6 is 0 Å². The lowest BCUT2D eigenvalue weighted by molar-refractivity contribution is 0.478. The Balaban J connectivity index is 2.75. The first-order valence-corrected chi connectivity index (χ1v) is 3.79. The lowest BCUT2D eigenvalue weighted by Gasteiger charge is -1.94. The smallest absolute Gasteiger partial charge is 0.380 e. The second kappa shape index (κ2) is 2.31. The molecule has 0 radical (unpaired) electrons. The van der Waals surface area contributed by atoms with Crippen LogP contribution in [0, 0.1) is 0 Å². The Morgan fingerprint density at radius 3 is 2.70 bits per heavy atom. The maximum Gasteiger partial charge on any atom is 0.380 e. The Labute approximate surface area is 57.6 Å². The van der Waals surface area contributed by atoms with E-state index in [2.05, 4.69) is 13.7 Å². The highest BCUT2D eigenvalue weighted by molar-refractivity contribution is 7.84. The zero-order valence-corrected chi connectivity index (χ0v) is 5.67. The van der Waals surface area contributed by atoms with Gasteiger partial charge < -0.3 is 8.60 Å². The highest BCUT2D eigenvalue weighted by atomic mass is 32.2. The van der Waals surface area contributed by atoms with Gasteiger partial charge in [-0.1, -0.05) is 0 Å². The Kier molecular flexibility index (Phi) is 1.64. The fourth-order valence-electron chi connectivity index (χ4n) is 0.434. The van der Waals surface area contributed by atoms with Crippen molar-refractivity contribution in [2.75, 3.05) is 0 Å². The monoisotopic (exact) mass is 163 g/mol. The van der Waals surface area contributed by atoms with Crippen molar-refractivity contribution in [1.82, 2.24) is 0 Å². The van der Waals surface area contributed by atoms with Crippen LogP contribution < -0.4 is 9.32 Å². The molecule has 5 nitrogen and oxygen atoms in total. The summed E-state index contributed by atoms with van der Waals surface area (Å²) >= 11 is 0. The van der Waals surface area contributed by atoms with Crippen LogP contribution in [0.1, 0.15) is 0 Å². The quantitative estimate of drug-likeness (QED) is 0.657. The summed E-state index contributed by atoms with van der Waals surface area (Å²) in [5, 5.41) is 4.54. The maximum atomic E-state index is 10.2. The molecule has 0 atom stereocenters. The molecule has 1 aromatic heterocycles. The summed E-state index contributed by atoms with van der Waals surface area (Å²) in [6.45, 7) is 0. The van der Waals surface area contributed by atoms with Crippen LogP contribution in [0.15, 0.2) is 23.0 Å². The predicted molar refractivity (Wildman–Crippen MR) is 32.4 cm³/mol. The largest absolute Gasteiger partial charge is 0.469 e. The first-order chi connectivity index (χ1) is 4.58. The van der Waals surface area contributed by atoms with E-state index in [1.54, 1.807) is 0 Å². The molecular weight excluding hydrogens is 158 g/mol. The van der Waals surface area contributed by atoms with E-state index in [0.717, 1.165) is 6.26 Å². The summed E-state index contributed by atoms with van der Waals surface area (Å²) in [6, 6.07) is 1.34. The Morgan fingerprint density at radius 2 is 2.30 bits per heavy atom. The van der Waals surface area contributed by atoms with Gasteiger partial charge in [-0.05, 0) is 0 Å². The molecule has 0 fully saturated rings. The average Bonchev–Trinajstić information content (AvgIpc) is 2.12. The Bertz CT molecular complexity index is 287. The van der Waals surface area contributed by atoms with Gasteiger partial charge in [0.15, 0.2) is 5.75 Å². The number of hydrogen-bond donors (Lipinski definition) is 1. The van der Waals surface area contributed by atoms with E-state index in [-0.39, 0.29) is 5.75 Å². The number of rotatable bonds is 2. The van der Waals surface area contributed by atoms with E-state index in [1.807, 2.05) is 0 Å². The van der Waals surface area contributed by atoms with Crippen LogP contribution in [0.5, 0.6) is 5.75 Å². The summed E-state index contributed by atoms with van der Waals surface area (Å²) in [5.74, 6) is 0.0718. The van der Waals surface area contributed by atoms with Gasteiger partial charge in [0, 0.05) is 6.07 Å². The summed E-state index contributed by atoms with van der Waals surface area (Å²) in [7, 11) is -3.91. The van der Waals surface area contributed by atoms with E-state index in [4.69, 9.17) is 0 Å². The van der Waals surface area contributed by atoms with Crippen molar-refractivity contribution >= 4 is 10.3 Å². The van der Waals surface area contributed by atoms with Crippen molar-refractivity contribution in [3.8, 4) is 5.75 Å². The molecule has 1 aromatic rings. The molecule has 10 heavy (non-hydrogen) atoms. The van der Waals surface area contributed by atoms with Crippen LogP contribution in [-0.2, 0) is 10.3 Å². The summed E-state index contributed by atoms with van der Waals surface area (Å²) < 4.78 is 29.1. The molecule has 0 aliphatic rings. The third-order valence-electron chi connectivity index (χ3n) is 0.707. The predicted octanol–water partition coefficient (Wildman–Crippen LogP) is -0.138. The molecule has 0 aromatic carbocycles. The van der Waals surface area contributed by atoms with E-state index in [1.165, 1.54) is 12.3 Å². The molecule has 0 aliphatic carbocycles. The average molecular weight is 163 g/mol. The molecule has 0 spiro atoms. The van der Waals surface area contributed by atoms with Crippen molar-refractivity contribution in [2.45, 2.75) is 0 Å². The molecule has 1 rings (SSSR count). The molecule has 0 saturated heterocycles. The second-order valence-corrected chi connectivity index (χ2v) is 2.69. The van der Waals surface area contributed by atoms with Crippen molar-refractivity contribution in [3.05, 3.63) is 18.6 Å². The fraction of sp³-hybridized carbons (Fsp3) is 0. The third kappa shape index (κ3) is 2.08. The Morgan fingerprint density at radius 1 is 1.60 bits per heavy atom. The van der Waals surface area contributed by atoms with Crippen molar-refractivity contribution in [3.63, 3.8) is 0 Å². The minimum atomic E-state index is -3.91. The van der Waals surface area contributed by atoms with Gasteiger partial charge in [0.25, 0.3) is 0 Å². The first kappa shape index (κ1) is 7.10. The zero-order chi connectivity index (χ0) is 7.61. The first-order valence-electron chi connectivity index (χ1n) is 2.32. The zero-order valence-electron chi connectivity index (χ0n) is 4.85. The number of furan rings is 1. The lowest BCUT2D eigenvalue weighted by atomic mass is 10.6. The third-order valence-corrected chi connectivity index (χ3v) is 1.13. The van der Waals surface area contributed by atoms with Gasteiger partial charge in [0.1, 0.15) is 6.26 Å². The summed E-state index contributed by atoms with van der Waals surface area (Å²) in [6.07, 6.45) is 2.41. The minimum Gasteiger partial charge on any atom is -0.469 e. The molecule has 0 aliphatic heterocycles. The van der Waals surface area contributed by atoms with Crippen LogP contribution in [0.2, 0.25) is 0 Å². The fourth-order valence-corrected chi connectivity index (χ4v) is 0.797. The molecule has 1 heterocycles. The van der Waals surface area contributed by atoms with E-state index in [9.17, 15) is 8.42 Å². The van der Waals surface area contributed by atoms with Gasteiger partial charge >= 0.3 is 10.3 Å². The maximum absolute atomic E-state index is 10.2. The number of nitrogens with two attached hydrogens (primary N) is 1. The van der Waals surface area contributed by atoms with Crippen molar-refractivity contribution in [1.29, 1.82) is 0 Å². The molecule has 2 N–H and O–H groups in total. The van der Waals surface area contributed by atoms with Gasteiger partial charge in [0.05, 0.1) is 6.26 Å². The van der Waals surface area contributed by atoms with Crippen LogP contribution in [0.3, 0.4) is 0 Å². The van der Waals surface area contributed by atoms with Gasteiger partial charge in [-0.25, -0.2) is 0 Å². The lowest BCUT2D eigenvalue weighted by Crippen LogP contribution is -2.18. The molecule has 0 saturated carbocycles. The Hall–Kier alpha value is -1.01. The van der Waals surface area contributed by atoms with E-state index < -0.39 is 10.3 Å². The summed E-state index contributed by atoms with van der Waals surface area (Å²) in [4.78, 5) is 0. The molecule has 6 heteroatoms. The minimum absolute atomic E-state index is 0.0718. The van der Waals surface area contributed by atoms with Gasteiger partial charge in [-0.15, -0.1) is 0 Å². The second-order valence-electron chi connectivity index (χ2n) is 1.54. The summed E-state index contributed by atoms with van der Waals surface area (Å²) in [5.41, 5.74) is 0. The highest BCUT2D eigenvalue weighted by Gasteiger charge is 2.04. The van der Waals surface area contributed by atoms with Gasteiger partial charge in [0.2, 0.25) is 0 Å². The molecule has 56 valence electrons. The van der Waals surface area contributed by atoms with Crippen molar-refractivity contribution in [2.24, 2.45) is 5.14 Å². The molecule has 0 amide bonds. The van der Waals surface area contributed by atoms with Crippen molar-refractivity contribution < 1.29 is 17.0 Å². The highest BCUT2D eigenvalue weighted by Crippen LogP contribution is 2.10. The molecular formula is C4H5NO4S. The van der Waals surface area contributed by atoms with Crippen LogP contribution in [0.25, 0.3) is 0 Å². The standard InChI is InChI=1S/C4H5NO4S/c5-10(6,7)9-4-1-2-8-3-4/h1-3H,(H2,5,6,7). The van der Waals surface area contributed by atoms with Crippen LogP contribution in [0.4, 0.5) is 0 Å². The van der Waals surface area contributed by atoms with Gasteiger partial charge in [-0.2, -0.15) is 13.6 Å². The molecule has 0 bridgehead atoms. The SMILES string of the molecule is NS(=O)(=O)Oc1ccoc1. The van der Waals surface area contributed by atoms with Crippen LogP contribution in [-0.4, -0.2) is 8.42 Å². The van der Waals surface area contributed by atoms with Gasteiger partial charge in [-0.3, -0.25) is 0 Å².